The van der Waals surface area contributed by atoms with Crippen LogP contribution in [-0.4, -0.2) is 23.5 Å². The minimum Gasteiger partial charge on any atom is -0.475 e. The van der Waals surface area contributed by atoms with E-state index in [4.69, 9.17) is 9.90 Å². The lowest BCUT2D eigenvalue weighted by Gasteiger charge is -2.00. The molecule has 0 bridgehead atoms. The number of aryl methyl sites for hydroxylation is 1. The first-order valence-corrected chi connectivity index (χ1v) is 5.36. The maximum Gasteiger partial charge on any atom is 0.490 e. The van der Waals surface area contributed by atoms with Crippen molar-refractivity contribution in [1.29, 1.82) is 0 Å². The summed E-state index contributed by atoms with van der Waals surface area (Å²) in [5.74, 6) is -3.61. The third-order valence-electron chi connectivity index (χ3n) is 2.02. The van der Waals surface area contributed by atoms with E-state index in [1.165, 1.54) is 6.07 Å². The molecular formula is C12H11F5O3. The summed E-state index contributed by atoms with van der Waals surface area (Å²) >= 11 is 0. The molecule has 1 rings (SSSR count). The monoisotopic (exact) mass is 298 g/mol. The predicted molar refractivity (Wildman–Crippen MR) is 59.1 cm³/mol. The lowest BCUT2D eigenvalue weighted by molar-refractivity contribution is -0.192. The van der Waals surface area contributed by atoms with Crippen LogP contribution in [0.5, 0.6) is 0 Å². The Hall–Kier alpha value is -1.99. The predicted octanol–water partition coefficient (Wildman–Crippen LogP) is 3.12. The molecule has 1 N–H and O–H groups in total. The van der Waals surface area contributed by atoms with Crippen molar-refractivity contribution in [3.05, 3.63) is 35.4 Å². The van der Waals surface area contributed by atoms with Crippen LogP contribution >= 0.6 is 0 Å². The minimum absolute atomic E-state index is 0.335. The number of rotatable bonds is 4. The Balaban J connectivity index is 0.000000441. The van der Waals surface area contributed by atoms with Crippen molar-refractivity contribution in [1.82, 2.24) is 0 Å². The summed E-state index contributed by atoms with van der Waals surface area (Å²) in [6.07, 6.45) is -2.96. The number of alkyl halides is 3. The molecule has 0 fully saturated rings. The van der Waals surface area contributed by atoms with Gasteiger partial charge in [-0.05, 0) is 36.6 Å². The molecule has 1 aromatic rings. The molecule has 0 aliphatic carbocycles. The van der Waals surface area contributed by atoms with E-state index in [0.717, 1.165) is 18.4 Å². The Morgan fingerprint density at radius 1 is 1.25 bits per heavy atom. The Labute approximate surface area is 111 Å². The second kappa shape index (κ2) is 8.23. The smallest absolute Gasteiger partial charge is 0.475 e. The first-order chi connectivity index (χ1) is 9.18. The number of hydrogen-bond donors (Lipinski definition) is 1. The van der Waals surface area contributed by atoms with Crippen LogP contribution in [0.25, 0.3) is 0 Å². The van der Waals surface area contributed by atoms with Crippen molar-refractivity contribution >= 4 is 12.3 Å². The summed E-state index contributed by atoms with van der Waals surface area (Å²) in [7, 11) is 0. The molecule has 8 heteroatoms. The first kappa shape index (κ1) is 18.0. The molecule has 1 aromatic carbocycles. The van der Waals surface area contributed by atoms with Gasteiger partial charge in [0.1, 0.15) is 17.9 Å². The zero-order valence-corrected chi connectivity index (χ0v) is 10.1. The van der Waals surface area contributed by atoms with Crippen molar-refractivity contribution in [2.24, 2.45) is 0 Å². The summed E-state index contributed by atoms with van der Waals surface area (Å²) in [4.78, 5) is 18.9. The molecule has 0 spiro atoms. The maximum atomic E-state index is 12.9. The summed E-state index contributed by atoms with van der Waals surface area (Å²) in [5, 5.41) is 7.12. The van der Waals surface area contributed by atoms with Crippen molar-refractivity contribution in [3.63, 3.8) is 0 Å². The van der Waals surface area contributed by atoms with E-state index in [2.05, 4.69) is 0 Å². The lowest BCUT2D eigenvalue weighted by atomic mass is 10.1. The highest BCUT2D eigenvalue weighted by Crippen LogP contribution is 2.13. The van der Waals surface area contributed by atoms with Gasteiger partial charge in [-0.2, -0.15) is 13.2 Å². The Kier molecular flexibility index (Phi) is 7.42. The van der Waals surface area contributed by atoms with Crippen LogP contribution in [0.15, 0.2) is 18.2 Å². The molecule has 0 amide bonds. The molecule has 0 aromatic heterocycles. The molecule has 0 saturated carbocycles. The molecule has 112 valence electrons. The maximum absolute atomic E-state index is 12.9. The van der Waals surface area contributed by atoms with Gasteiger partial charge >= 0.3 is 12.1 Å². The van der Waals surface area contributed by atoms with Crippen LogP contribution in [-0.2, 0) is 16.0 Å². The quantitative estimate of drug-likeness (QED) is 0.528. The molecule has 3 nitrogen and oxygen atoms in total. The standard InChI is InChI=1S/C10H10F2O.C2HF3O2/c11-9-4-5-10(12)8(7-9)3-1-2-6-13;3-2(4,5)1(6)7/h4-7H,1-3H2;(H,6,7). The fourth-order valence-corrected chi connectivity index (χ4v) is 1.11. The Morgan fingerprint density at radius 3 is 2.25 bits per heavy atom. The van der Waals surface area contributed by atoms with Crippen molar-refractivity contribution in [3.8, 4) is 0 Å². The molecule has 0 saturated heterocycles. The fraction of sp³-hybridized carbons (Fsp3) is 0.333. The topological polar surface area (TPSA) is 54.4 Å². The van der Waals surface area contributed by atoms with E-state index in [1.54, 1.807) is 0 Å². The van der Waals surface area contributed by atoms with Gasteiger partial charge in [-0.1, -0.05) is 0 Å². The molecule has 0 atom stereocenters. The van der Waals surface area contributed by atoms with Crippen LogP contribution in [0.3, 0.4) is 0 Å². The molecule has 0 unspecified atom stereocenters. The van der Waals surface area contributed by atoms with Crippen LogP contribution in [0.4, 0.5) is 22.0 Å². The number of carbonyl (C=O) groups excluding carboxylic acids is 1. The molecule has 0 radical (unpaired) electrons. The number of carboxylic acid groups (broad SMARTS) is 1. The van der Waals surface area contributed by atoms with Crippen LogP contribution in [0.1, 0.15) is 18.4 Å². The van der Waals surface area contributed by atoms with Gasteiger partial charge in [0.25, 0.3) is 0 Å². The first-order valence-electron chi connectivity index (χ1n) is 5.36. The zero-order valence-electron chi connectivity index (χ0n) is 10.1. The van der Waals surface area contributed by atoms with Gasteiger partial charge < -0.3 is 9.90 Å². The third-order valence-corrected chi connectivity index (χ3v) is 2.02. The van der Waals surface area contributed by atoms with Crippen molar-refractivity contribution in [2.75, 3.05) is 0 Å². The number of carbonyl (C=O) groups is 2. The highest BCUT2D eigenvalue weighted by Gasteiger charge is 2.38. The molecule has 20 heavy (non-hydrogen) atoms. The van der Waals surface area contributed by atoms with E-state index in [0.29, 0.717) is 24.8 Å². The van der Waals surface area contributed by atoms with Gasteiger partial charge in [-0.25, -0.2) is 13.6 Å². The number of benzene rings is 1. The third kappa shape index (κ3) is 7.45. The van der Waals surface area contributed by atoms with Crippen molar-refractivity contribution < 1.29 is 36.6 Å². The van der Waals surface area contributed by atoms with Crippen LogP contribution in [0.2, 0.25) is 0 Å². The van der Waals surface area contributed by atoms with E-state index in [9.17, 15) is 26.7 Å². The molecule has 0 aliphatic heterocycles. The Morgan fingerprint density at radius 2 is 1.80 bits per heavy atom. The fourth-order valence-electron chi connectivity index (χ4n) is 1.11. The number of halogens is 5. The second-order valence-corrected chi connectivity index (χ2v) is 3.60. The van der Waals surface area contributed by atoms with E-state index in [1.807, 2.05) is 0 Å². The minimum atomic E-state index is -5.08. The van der Waals surface area contributed by atoms with Crippen LogP contribution < -0.4 is 0 Å². The summed E-state index contributed by atoms with van der Waals surface area (Å²) in [6, 6.07) is 3.35. The SMILES string of the molecule is O=C(O)C(F)(F)F.O=CCCCc1cc(F)ccc1F. The highest BCUT2D eigenvalue weighted by molar-refractivity contribution is 5.73. The van der Waals surface area contributed by atoms with Gasteiger partial charge in [-0.15, -0.1) is 0 Å². The van der Waals surface area contributed by atoms with E-state index < -0.39 is 23.8 Å². The number of aliphatic carboxylic acids is 1. The van der Waals surface area contributed by atoms with Gasteiger partial charge in [0.05, 0.1) is 0 Å². The zero-order chi connectivity index (χ0) is 15.8. The summed E-state index contributed by atoms with van der Waals surface area (Å²) in [5.41, 5.74) is 0.335. The number of hydrogen-bond acceptors (Lipinski definition) is 2. The average Bonchev–Trinajstić information content (AvgIpc) is 2.33. The van der Waals surface area contributed by atoms with Crippen LogP contribution in [0, 0.1) is 11.6 Å². The largest absolute Gasteiger partial charge is 0.490 e. The summed E-state index contributed by atoms with van der Waals surface area (Å²) < 4.78 is 57.3. The molecular weight excluding hydrogens is 287 g/mol. The normalized spacial score (nSPS) is 10.4. The van der Waals surface area contributed by atoms with Crippen molar-refractivity contribution in [2.45, 2.75) is 25.4 Å². The molecule has 0 heterocycles. The highest BCUT2D eigenvalue weighted by atomic mass is 19.4. The van der Waals surface area contributed by atoms with Gasteiger partial charge in [0.2, 0.25) is 0 Å². The lowest BCUT2D eigenvalue weighted by Crippen LogP contribution is -2.21. The van der Waals surface area contributed by atoms with Gasteiger partial charge in [-0.3, -0.25) is 0 Å². The van der Waals surface area contributed by atoms with Gasteiger partial charge in [0.15, 0.2) is 0 Å². The average molecular weight is 298 g/mol. The number of carboxylic acids is 1. The second-order valence-electron chi connectivity index (χ2n) is 3.60. The van der Waals surface area contributed by atoms with E-state index in [-0.39, 0.29) is 0 Å². The van der Waals surface area contributed by atoms with E-state index >= 15 is 0 Å². The Bertz CT molecular complexity index is 457. The summed E-state index contributed by atoms with van der Waals surface area (Å²) in [6.45, 7) is 0. The number of unbranched alkanes of at least 4 members (excludes halogenated alkanes) is 1. The van der Waals surface area contributed by atoms with Gasteiger partial charge in [0, 0.05) is 6.42 Å². The number of aldehydes is 1. The molecule has 0 aliphatic rings.